The molecular formula is C106H134N2O30S2Si2. The molecule has 9 aliphatic rings. The average molecular weight is 2040 g/mol. The lowest BCUT2D eigenvalue weighted by Gasteiger charge is -2.68. The number of fused-ring (bicyclic) bond motifs is 10. The summed E-state index contributed by atoms with van der Waals surface area (Å²) < 4.78 is 92.5. The summed E-state index contributed by atoms with van der Waals surface area (Å²) in [6.45, 7) is 40.1. The fraction of sp³-hybridized carbons (Fsp3) is 0.547. The number of Topliss-reactive ketones (excluding diaryl/α,β-unsaturated/α-hetero) is 2. The van der Waals surface area contributed by atoms with Crippen LogP contribution in [0.25, 0.3) is 0 Å². The van der Waals surface area contributed by atoms with Crippen molar-refractivity contribution in [1.82, 2.24) is 10.2 Å². The number of ether oxygens (including phenoxy) is 13. The second-order valence-electron chi connectivity index (χ2n) is 42.6. The minimum Gasteiger partial charge on any atom is -0.457 e. The van der Waals surface area contributed by atoms with Crippen LogP contribution < -0.4 is 15.7 Å². The Hall–Kier alpha value is -10.6. The summed E-state index contributed by atoms with van der Waals surface area (Å²) in [4.78, 5) is 170. The van der Waals surface area contributed by atoms with Gasteiger partial charge in [-0.1, -0.05) is 144 Å². The van der Waals surface area contributed by atoms with E-state index in [0.29, 0.717) is 10.5 Å². The van der Waals surface area contributed by atoms with Crippen molar-refractivity contribution >= 4 is 121 Å². The largest absolute Gasteiger partial charge is 0.509 e. The SMILES string of the molecule is CCOC(=O)OC1C(=O)[C@@]2(C)C([C@H](OC(=O)c3ccccc3)[C@]3(O)C[C@H](O)C(C)=C1C3(C)C)[C@]1(OC(C)=O)CO[C@@H]1C[C@@H]2O[Si](C)(C)c1ccccc1.CCOC(=O)OC1C(=O)[C@@]2(C)C([C@H](OC(=O)c3ccccc3)[C@]3(O)C[C@H](OC(=O)[C@H](C)[C@@H](NC(=O)OC(C)(C)C)c4cccs4)C(C)=C1C3(C)C)[C@]1(OC(C)=O)CO[C@@H]1C[C@@H]2O[Si](C)(C)c1ccccc1.C[C@H]1C(=O)N(C(=O)OC(C)(C)C)[C@H]1c1cccs1. The predicted octanol–water partition coefficient (Wildman–Crippen LogP) is 15.5. The number of alkyl carbamates (subject to hydrolysis) is 1. The smallest absolute Gasteiger partial charge is 0.457 e. The summed E-state index contributed by atoms with van der Waals surface area (Å²) in [5.74, 6) is -9.42. The zero-order valence-electron chi connectivity index (χ0n) is 85.0. The summed E-state index contributed by atoms with van der Waals surface area (Å²) in [7, 11) is -5.88. The number of aliphatic hydroxyl groups excluding tert-OH is 1. The van der Waals surface area contributed by atoms with Crippen LogP contribution in [0.2, 0.25) is 26.2 Å². The van der Waals surface area contributed by atoms with E-state index in [0.717, 1.165) is 15.3 Å². The number of rotatable bonds is 22. The van der Waals surface area contributed by atoms with Crippen molar-refractivity contribution < 1.29 is 143 Å². The number of nitrogens with one attached hydrogen (secondary N) is 1. The quantitative estimate of drug-likeness (QED) is 0.0161. The molecule has 3 saturated heterocycles. The Morgan fingerprint density at radius 1 is 0.542 bits per heavy atom. The molecule has 22 atom stereocenters. The number of hydrogen-bond donors (Lipinski definition) is 4. The maximum atomic E-state index is 16.5. The predicted molar refractivity (Wildman–Crippen MR) is 526 cm³/mol. The molecule has 4 bridgehead atoms. The summed E-state index contributed by atoms with van der Waals surface area (Å²) >= 11 is 2.86. The third-order valence-electron chi connectivity index (χ3n) is 30.0. The number of nitrogens with zero attached hydrogens (tertiary/aromatic N) is 1. The molecule has 15 rings (SSSR count). The fourth-order valence-electron chi connectivity index (χ4n) is 22.6. The van der Waals surface area contributed by atoms with Crippen LogP contribution in [0, 0.1) is 45.3 Å². The summed E-state index contributed by atoms with van der Waals surface area (Å²) in [5.41, 5.74) is -15.0. The van der Waals surface area contributed by atoms with Crippen molar-refractivity contribution in [3.05, 3.63) is 200 Å². The second kappa shape index (κ2) is 41.1. The number of amides is 3. The average Bonchev–Trinajstić information content (AvgIpc) is 0.736. The normalized spacial score (nSPS) is 30.8. The molecule has 6 aromatic rings. The topological polar surface area (TPSA) is 419 Å². The van der Waals surface area contributed by atoms with Gasteiger partial charge in [0.15, 0.2) is 35.0 Å². The molecule has 5 heterocycles. The molecule has 142 heavy (non-hydrogen) atoms. The third-order valence-corrected chi connectivity index (χ3v) is 37.1. The van der Waals surface area contributed by atoms with Crippen molar-refractivity contribution in [3.63, 3.8) is 0 Å². The van der Waals surface area contributed by atoms with Gasteiger partial charge in [0.25, 0.3) is 0 Å². The molecule has 4 N–H and O–H groups in total. The lowest BCUT2D eigenvalue weighted by atomic mass is 9.44. The van der Waals surface area contributed by atoms with Gasteiger partial charge < -0.3 is 91.1 Å². The first kappa shape index (κ1) is 109. The molecule has 2 aromatic heterocycles. The molecule has 6 aliphatic carbocycles. The molecular weight excluding hydrogens is 1900 g/mol. The lowest BCUT2D eigenvalue weighted by molar-refractivity contribution is -0.344. The van der Waals surface area contributed by atoms with Gasteiger partial charge in [0.1, 0.15) is 52.9 Å². The summed E-state index contributed by atoms with van der Waals surface area (Å²) in [6.07, 6.45) is -17.7. The van der Waals surface area contributed by atoms with Gasteiger partial charge in [0.05, 0.1) is 102 Å². The number of carbonyl (C=O) groups excluding carboxylic acids is 12. The Balaban J connectivity index is 0.000000208. The molecule has 4 saturated carbocycles. The third kappa shape index (κ3) is 20.4. The first-order valence-corrected chi connectivity index (χ1v) is 55.7. The lowest BCUT2D eigenvalue weighted by Crippen LogP contribution is -2.82. The number of carbonyl (C=O) groups is 12. The highest BCUT2D eigenvalue weighted by Crippen LogP contribution is 2.68. The van der Waals surface area contributed by atoms with Crippen LogP contribution >= 0.6 is 22.7 Å². The zero-order chi connectivity index (χ0) is 104. The molecule has 7 fully saturated rings. The Labute approximate surface area is 838 Å². The second-order valence-corrected chi connectivity index (χ2v) is 52.3. The first-order valence-electron chi connectivity index (χ1n) is 48.1. The minimum atomic E-state index is -3.01. The highest BCUT2D eigenvalue weighted by Gasteiger charge is 2.82. The molecule has 4 unspecified atom stereocenters. The highest BCUT2D eigenvalue weighted by molar-refractivity contribution is 7.10. The van der Waals surface area contributed by atoms with Crippen LogP contribution in [0.3, 0.4) is 0 Å². The minimum absolute atomic E-state index is 0.0154. The van der Waals surface area contributed by atoms with Crippen molar-refractivity contribution in [1.29, 1.82) is 0 Å². The summed E-state index contributed by atoms with van der Waals surface area (Å²) in [6, 6.07) is 41.8. The van der Waals surface area contributed by atoms with E-state index in [2.05, 4.69) is 5.32 Å². The van der Waals surface area contributed by atoms with Crippen molar-refractivity contribution in [2.45, 2.75) is 297 Å². The van der Waals surface area contributed by atoms with Crippen molar-refractivity contribution in [2.75, 3.05) is 26.4 Å². The van der Waals surface area contributed by atoms with Crippen LogP contribution in [0.4, 0.5) is 19.2 Å². The molecule has 4 aromatic carbocycles. The van der Waals surface area contributed by atoms with Crippen LogP contribution in [-0.4, -0.2) is 230 Å². The van der Waals surface area contributed by atoms with Crippen molar-refractivity contribution in [3.8, 4) is 0 Å². The van der Waals surface area contributed by atoms with Crippen LogP contribution in [-0.2, 0) is 99.2 Å². The number of esters is 5. The van der Waals surface area contributed by atoms with Gasteiger partial charge in [-0.05, 0) is 196 Å². The molecule has 3 amide bonds. The number of imide groups is 1. The number of likely N-dealkylation sites (tertiary alicyclic amines) is 1. The molecule has 768 valence electrons. The Kier molecular flexibility index (Phi) is 31.4. The number of benzene rings is 4. The van der Waals surface area contributed by atoms with Crippen LogP contribution in [0.1, 0.15) is 207 Å². The Morgan fingerprint density at radius 2 is 0.951 bits per heavy atom. The summed E-state index contributed by atoms with van der Waals surface area (Å²) in [5, 5.41) is 47.7. The number of thiophene rings is 2. The van der Waals surface area contributed by atoms with E-state index in [1.54, 1.807) is 207 Å². The maximum Gasteiger partial charge on any atom is 0.509 e. The van der Waals surface area contributed by atoms with E-state index in [1.165, 1.54) is 30.1 Å². The van der Waals surface area contributed by atoms with Gasteiger partial charge in [0, 0.05) is 60.1 Å². The standard InChI is InChI=1S/C53H67NO15SSi.C40H50O12Si.C13H17NO3S/c1-13-62-48(60)65-41-39-30(2)35(64-45(57)31(3)40(36-25-20-26-70-36)54-47(59)68-49(5,6)7)28-53(61,50(39,8)9)44(66-46(58)33-21-16-14-17-22-33)42-51(10,43(41)56)37(27-38-52(42,29-63-38)67-32(4)55)69-71(11,12)34-23-18-15-19-24-34;1-9-47-36(45)49-31-30-23(2)27(42)21-40(46,37(30,4)5)34(50-35(44)25-16-12-10-13-17-25)32-38(6,33(31)43)28(20-29-39(32,22-48-29)51-24(3)41)52-53(7,8)26-18-14-11-15-19-26;1-8-10(9-6-5-7-18-9)14(11(8)15)12(16)17-13(2,3)4/h14-26,31,35,37-38,40-42,44,61H,13,27-29H2,1-12H3,(H,54,59);10-19,27-29,31-32,34,42,46H,9,20-22H2,1-8H3;5-8,10H,1-4H3/t31-,35+,37+,38-,40-,41?,42?,44+,51-,52+,53-;27-,28-,29+,31?,32?,34-,38+,39-,40+;8-,10-/m101/s1. The fourth-order valence-corrected chi connectivity index (χ4v) is 28.8. The van der Waals surface area contributed by atoms with E-state index in [-0.39, 0.29) is 91.4 Å². The van der Waals surface area contributed by atoms with Gasteiger partial charge in [-0.2, -0.15) is 0 Å². The molecule has 36 heteroatoms. The van der Waals surface area contributed by atoms with Gasteiger partial charge in [-0.25, -0.2) is 33.7 Å². The van der Waals surface area contributed by atoms with Gasteiger partial charge in [-0.3, -0.25) is 28.8 Å². The monoisotopic (exact) mass is 2030 g/mol. The Morgan fingerprint density at radius 3 is 1.33 bits per heavy atom. The van der Waals surface area contributed by atoms with E-state index < -0.39 is 229 Å². The Bertz CT molecular complexity index is 5770. The van der Waals surface area contributed by atoms with E-state index in [9.17, 15) is 63.3 Å². The first-order chi connectivity index (χ1) is 66.4. The van der Waals surface area contributed by atoms with Crippen LogP contribution in [0.5, 0.6) is 0 Å². The number of aliphatic hydroxyl groups is 3. The number of β-lactam (4-membered cyclic amide) rings is 1. The van der Waals surface area contributed by atoms with Gasteiger partial charge in [0.2, 0.25) is 22.5 Å². The zero-order valence-corrected chi connectivity index (χ0v) is 88.7. The molecule has 32 nitrogen and oxygen atoms in total. The van der Waals surface area contributed by atoms with Gasteiger partial charge >= 0.3 is 54.3 Å². The van der Waals surface area contributed by atoms with E-state index in [4.69, 9.17) is 70.4 Å². The van der Waals surface area contributed by atoms with Gasteiger partial charge in [-0.15, -0.1) is 22.7 Å². The maximum absolute atomic E-state index is 16.5. The number of ketones is 2. The number of hydrogen-bond acceptors (Lipinski definition) is 32. The van der Waals surface area contributed by atoms with Crippen molar-refractivity contribution in [2.24, 2.45) is 45.3 Å². The van der Waals surface area contributed by atoms with Crippen LogP contribution in [0.15, 0.2) is 179 Å². The van der Waals surface area contributed by atoms with E-state index >= 15 is 9.59 Å². The van der Waals surface area contributed by atoms with E-state index in [1.807, 2.05) is 111 Å². The molecule has 3 aliphatic heterocycles. The molecule has 0 spiro atoms. The highest BCUT2D eigenvalue weighted by atomic mass is 32.1. The molecule has 0 radical (unpaired) electrons.